The molecule has 2 N–H and O–H groups in total. The number of halogens is 3. The van der Waals surface area contributed by atoms with Crippen LogP contribution >= 0.6 is 0 Å². The minimum atomic E-state index is -4.71. The second kappa shape index (κ2) is 7.58. The van der Waals surface area contributed by atoms with Crippen molar-refractivity contribution >= 4 is 23.3 Å². The van der Waals surface area contributed by atoms with Crippen molar-refractivity contribution in [2.24, 2.45) is 0 Å². The fourth-order valence-corrected chi connectivity index (χ4v) is 2.78. The fraction of sp³-hybridized carbons (Fsp3) is 0.467. The Morgan fingerprint density at radius 3 is 2.65 bits per heavy atom. The smallest absolute Gasteiger partial charge is 0.416 e. The van der Waals surface area contributed by atoms with Crippen LogP contribution in [0, 0.1) is 10.1 Å². The summed E-state index contributed by atoms with van der Waals surface area (Å²) in [6, 6.07) is 1.17. The Hall–Kier alpha value is -2.85. The van der Waals surface area contributed by atoms with Gasteiger partial charge < -0.3 is 15.3 Å². The van der Waals surface area contributed by atoms with Crippen molar-refractivity contribution in [2.45, 2.75) is 31.5 Å². The van der Waals surface area contributed by atoms with Crippen molar-refractivity contribution in [3.63, 3.8) is 0 Å². The highest BCUT2D eigenvalue weighted by atomic mass is 19.4. The van der Waals surface area contributed by atoms with Gasteiger partial charge in [-0.05, 0) is 25.0 Å². The molecular formula is C15H16F3N3O5. The Bertz CT molecular complexity index is 723. The van der Waals surface area contributed by atoms with Crippen molar-refractivity contribution in [1.29, 1.82) is 0 Å². The standard InChI is InChI=1S/C15H16F3N3O5/c16-15(17,18)9-3-4-10(12(8-9)21(25)26)19-6-5-13(22)20-7-1-2-11(20)14(23)24/h3-4,8,11,19H,1-2,5-7H2,(H,23,24)/t11-/m0/s1. The number of nitrogens with zero attached hydrogens (tertiary/aromatic N) is 2. The zero-order valence-electron chi connectivity index (χ0n) is 13.5. The molecule has 8 nitrogen and oxygen atoms in total. The number of carbonyl (C=O) groups is 2. The average Bonchev–Trinajstić information content (AvgIpc) is 3.03. The number of carbonyl (C=O) groups excluding carboxylic acids is 1. The zero-order chi connectivity index (χ0) is 19.5. The Balaban J connectivity index is 2.02. The molecule has 142 valence electrons. The minimum absolute atomic E-state index is 0.0755. The van der Waals surface area contributed by atoms with Crippen molar-refractivity contribution in [3.05, 3.63) is 33.9 Å². The summed E-state index contributed by atoms with van der Waals surface area (Å²) in [6.07, 6.45) is -3.91. The number of nitro groups is 1. The minimum Gasteiger partial charge on any atom is -0.480 e. The van der Waals surface area contributed by atoms with Crippen LogP contribution in [0.2, 0.25) is 0 Å². The number of benzene rings is 1. The predicted octanol–water partition coefficient (Wildman–Crippen LogP) is 2.49. The highest BCUT2D eigenvalue weighted by Gasteiger charge is 2.34. The molecule has 0 bridgehead atoms. The van der Waals surface area contributed by atoms with Crippen LogP contribution in [0.4, 0.5) is 24.5 Å². The molecule has 0 aromatic heterocycles. The molecular weight excluding hydrogens is 359 g/mol. The van der Waals surface area contributed by atoms with Gasteiger partial charge in [0, 0.05) is 25.6 Å². The third-order valence-corrected chi connectivity index (χ3v) is 4.03. The second-order valence-electron chi connectivity index (χ2n) is 5.75. The highest BCUT2D eigenvalue weighted by molar-refractivity contribution is 5.84. The molecule has 1 atom stereocenters. The molecule has 1 aliphatic rings. The Morgan fingerprint density at radius 1 is 1.38 bits per heavy atom. The van der Waals surface area contributed by atoms with Crippen LogP contribution in [-0.4, -0.2) is 45.9 Å². The number of anilines is 1. The van der Waals surface area contributed by atoms with E-state index in [0.29, 0.717) is 31.5 Å². The van der Waals surface area contributed by atoms with Gasteiger partial charge in [-0.25, -0.2) is 4.79 Å². The maximum absolute atomic E-state index is 12.7. The van der Waals surface area contributed by atoms with Crippen molar-refractivity contribution in [2.75, 3.05) is 18.4 Å². The number of likely N-dealkylation sites (tertiary alicyclic amines) is 1. The van der Waals surface area contributed by atoms with Crippen molar-refractivity contribution < 1.29 is 32.8 Å². The summed E-state index contributed by atoms with van der Waals surface area (Å²) in [5, 5.41) is 22.6. The first-order valence-electron chi connectivity index (χ1n) is 7.73. The number of nitrogens with one attached hydrogen (secondary N) is 1. The van der Waals surface area contributed by atoms with E-state index < -0.39 is 40.3 Å². The number of nitro benzene ring substituents is 1. The number of amides is 1. The van der Waals surface area contributed by atoms with Gasteiger partial charge in [-0.2, -0.15) is 13.2 Å². The molecule has 2 rings (SSSR count). The molecule has 11 heteroatoms. The van der Waals surface area contributed by atoms with E-state index in [9.17, 15) is 32.9 Å². The molecule has 0 aliphatic carbocycles. The first kappa shape index (κ1) is 19.5. The molecule has 1 saturated heterocycles. The van der Waals surface area contributed by atoms with E-state index in [1.807, 2.05) is 0 Å². The number of aliphatic carboxylic acids is 1. The lowest BCUT2D eigenvalue weighted by molar-refractivity contribution is -0.384. The predicted molar refractivity (Wildman–Crippen MR) is 83.6 cm³/mol. The van der Waals surface area contributed by atoms with Crippen LogP contribution in [0.1, 0.15) is 24.8 Å². The average molecular weight is 375 g/mol. The maximum Gasteiger partial charge on any atom is 0.416 e. The molecule has 1 aromatic rings. The van der Waals surface area contributed by atoms with E-state index in [0.717, 1.165) is 6.07 Å². The number of carboxylic acids is 1. The van der Waals surface area contributed by atoms with Crippen LogP contribution in [0.3, 0.4) is 0 Å². The van der Waals surface area contributed by atoms with Crippen molar-refractivity contribution in [3.8, 4) is 0 Å². The van der Waals surface area contributed by atoms with Gasteiger partial charge in [0.25, 0.3) is 5.69 Å². The maximum atomic E-state index is 12.7. The third kappa shape index (κ3) is 4.41. The van der Waals surface area contributed by atoms with E-state index in [1.54, 1.807) is 0 Å². The van der Waals surface area contributed by atoms with Crippen LogP contribution in [0.15, 0.2) is 18.2 Å². The molecule has 0 unspecified atom stereocenters. The van der Waals surface area contributed by atoms with E-state index in [-0.39, 0.29) is 18.7 Å². The fourth-order valence-electron chi connectivity index (χ4n) is 2.78. The molecule has 1 amide bonds. The lowest BCUT2D eigenvalue weighted by Gasteiger charge is -2.21. The molecule has 1 aliphatic heterocycles. The summed E-state index contributed by atoms with van der Waals surface area (Å²) >= 11 is 0. The van der Waals surface area contributed by atoms with Crippen LogP contribution < -0.4 is 5.32 Å². The highest BCUT2D eigenvalue weighted by Crippen LogP contribution is 2.34. The molecule has 0 spiro atoms. The van der Waals surface area contributed by atoms with E-state index in [2.05, 4.69) is 5.32 Å². The molecule has 26 heavy (non-hydrogen) atoms. The van der Waals surface area contributed by atoms with E-state index in [4.69, 9.17) is 5.11 Å². The lowest BCUT2D eigenvalue weighted by Crippen LogP contribution is -2.40. The summed E-state index contributed by atoms with van der Waals surface area (Å²) in [5.41, 5.74) is -2.05. The molecule has 1 fully saturated rings. The largest absolute Gasteiger partial charge is 0.480 e. The summed E-state index contributed by atoms with van der Waals surface area (Å²) in [4.78, 5) is 34.4. The molecule has 0 saturated carbocycles. The van der Waals surface area contributed by atoms with Gasteiger partial charge in [0.2, 0.25) is 5.91 Å². The topological polar surface area (TPSA) is 113 Å². The molecule has 1 aromatic carbocycles. The van der Waals surface area contributed by atoms with Crippen LogP contribution in [0.25, 0.3) is 0 Å². The number of hydrogen-bond donors (Lipinski definition) is 2. The summed E-state index contributed by atoms with van der Waals surface area (Å²) in [7, 11) is 0. The lowest BCUT2D eigenvalue weighted by atomic mass is 10.1. The van der Waals surface area contributed by atoms with Gasteiger partial charge in [-0.1, -0.05) is 0 Å². The van der Waals surface area contributed by atoms with Gasteiger partial charge in [0.05, 0.1) is 10.5 Å². The van der Waals surface area contributed by atoms with E-state index >= 15 is 0 Å². The van der Waals surface area contributed by atoms with Crippen molar-refractivity contribution in [1.82, 2.24) is 4.90 Å². The second-order valence-corrected chi connectivity index (χ2v) is 5.75. The van der Waals surface area contributed by atoms with Gasteiger partial charge in [-0.15, -0.1) is 0 Å². The Labute approximate surface area is 145 Å². The van der Waals surface area contributed by atoms with Gasteiger partial charge >= 0.3 is 12.1 Å². The Kier molecular flexibility index (Phi) is 5.68. The van der Waals surface area contributed by atoms with Gasteiger partial charge in [-0.3, -0.25) is 14.9 Å². The normalized spacial score (nSPS) is 17.2. The first-order valence-corrected chi connectivity index (χ1v) is 7.73. The number of alkyl halides is 3. The summed E-state index contributed by atoms with van der Waals surface area (Å²) in [5.74, 6) is -1.53. The quantitative estimate of drug-likeness (QED) is 0.583. The zero-order valence-corrected chi connectivity index (χ0v) is 13.5. The summed E-state index contributed by atoms with van der Waals surface area (Å²) < 4.78 is 38.0. The summed E-state index contributed by atoms with van der Waals surface area (Å²) in [6.45, 7) is 0.240. The number of rotatable bonds is 6. The number of carboxylic acid groups (broad SMARTS) is 1. The van der Waals surface area contributed by atoms with Gasteiger partial charge in [0.1, 0.15) is 11.7 Å². The van der Waals surface area contributed by atoms with Crippen LogP contribution in [0.5, 0.6) is 0 Å². The third-order valence-electron chi connectivity index (χ3n) is 4.03. The molecule has 0 radical (unpaired) electrons. The molecule has 1 heterocycles. The van der Waals surface area contributed by atoms with E-state index in [1.165, 1.54) is 4.90 Å². The SMILES string of the molecule is O=C(O)[C@@H]1CCCN1C(=O)CCNc1ccc(C(F)(F)F)cc1[N+](=O)[O-]. The first-order chi connectivity index (χ1) is 12.1. The van der Waals surface area contributed by atoms with Crippen LogP contribution in [-0.2, 0) is 15.8 Å². The monoisotopic (exact) mass is 375 g/mol. The number of hydrogen-bond acceptors (Lipinski definition) is 5. The Morgan fingerprint density at radius 2 is 2.08 bits per heavy atom. The van der Waals surface area contributed by atoms with Gasteiger partial charge in [0.15, 0.2) is 0 Å².